The zero-order chi connectivity index (χ0) is 27.8. The SMILES string of the molecule is NC1(C2CCOCC2)N=C(Nc2ccc(C(F)(F)F)cc2)C2=C(CCN(c3ncccc3C(F)(F)F)CC2)N1. The number of pyridine rings is 1. The van der Waals surface area contributed by atoms with E-state index in [1.807, 2.05) is 0 Å². The summed E-state index contributed by atoms with van der Waals surface area (Å²) in [6.07, 6.45) is -5.74. The van der Waals surface area contributed by atoms with Crippen molar-refractivity contribution in [3.05, 3.63) is 65.0 Å². The molecule has 1 unspecified atom stereocenters. The number of benzene rings is 1. The molecule has 0 spiro atoms. The van der Waals surface area contributed by atoms with Crippen molar-refractivity contribution in [2.45, 2.75) is 43.8 Å². The first-order valence-corrected chi connectivity index (χ1v) is 12.6. The number of halogens is 6. The second-order valence-electron chi connectivity index (χ2n) is 9.81. The molecule has 0 aliphatic carbocycles. The summed E-state index contributed by atoms with van der Waals surface area (Å²) in [6, 6.07) is 6.84. The van der Waals surface area contributed by atoms with Crippen molar-refractivity contribution in [3.63, 3.8) is 0 Å². The number of aliphatic imine (C=N–C) groups is 1. The molecule has 3 aliphatic rings. The predicted octanol–water partition coefficient (Wildman–Crippen LogP) is 5.13. The lowest BCUT2D eigenvalue weighted by Crippen LogP contribution is -2.61. The van der Waals surface area contributed by atoms with Crippen LogP contribution in [-0.2, 0) is 17.1 Å². The highest BCUT2D eigenvalue weighted by molar-refractivity contribution is 6.09. The third kappa shape index (κ3) is 5.83. The Balaban J connectivity index is 1.45. The first kappa shape index (κ1) is 27.3. The van der Waals surface area contributed by atoms with Crippen molar-refractivity contribution in [1.82, 2.24) is 10.3 Å². The van der Waals surface area contributed by atoms with Crippen molar-refractivity contribution in [1.29, 1.82) is 0 Å². The molecule has 13 heteroatoms. The Kier molecular flexibility index (Phi) is 7.23. The van der Waals surface area contributed by atoms with Gasteiger partial charge in [0.05, 0.1) is 11.1 Å². The van der Waals surface area contributed by atoms with Crippen LogP contribution in [0.2, 0.25) is 0 Å². The van der Waals surface area contributed by atoms with E-state index in [2.05, 4.69) is 15.6 Å². The number of nitrogens with two attached hydrogens (primary N) is 1. The van der Waals surface area contributed by atoms with Crippen molar-refractivity contribution < 1.29 is 31.1 Å². The Hall–Kier alpha value is -3.32. The van der Waals surface area contributed by atoms with Crippen LogP contribution in [0.25, 0.3) is 0 Å². The normalized spacial score (nSPS) is 23.1. The summed E-state index contributed by atoms with van der Waals surface area (Å²) in [4.78, 5) is 10.4. The van der Waals surface area contributed by atoms with E-state index in [-0.39, 0.29) is 24.8 Å². The molecule has 0 amide bonds. The van der Waals surface area contributed by atoms with Gasteiger partial charge in [-0.25, -0.2) is 9.98 Å². The Morgan fingerprint density at radius 3 is 2.33 bits per heavy atom. The molecule has 0 bridgehead atoms. The van der Waals surface area contributed by atoms with Gasteiger partial charge in [0.2, 0.25) is 0 Å². The molecule has 2 aromatic rings. The van der Waals surface area contributed by atoms with Crippen molar-refractivity contribution >= 4 is 17.3 Å². The lowest BCUT2D eigenvalue weighted by atomic mass is 9.90. The zero-order valence-corrected chi connectivity index (χ0v) is 20.9. The third-order valence-corrected chi connectivity index (χ3v) is 7.27. The van der Waals surface area contributed by atoms with Crippen LogP contribution < -0.4 is 21.3 Å². The topological polar surface area (TPSA) is 87.8 Å². The molecule has 1 saturated heterocycles. The van der Waals surface area contributed by atoms with Gasteiger partial charge < -0.3 is 20.3 Å². The Bertz CT molecular complexity index is 1250. The van der Waals surface area contributed by atoms with Gasteiger partial charge in [0.25, 0.3) is 0 Å². The minimum Gasteiger partial charge on any atom is -0.381 e. The van der Waals surface area contributed by atoms with Crippen LogP contribution in [0.15, 0.2) is 58.9 Å². The van der Waals surface area contributed by atoms with E-state index >= 15 is 0 Å². The predicted molar refractivity (Wildman–Crippen MR) is 134 cm³/mol. The van der Waals surface area contributed by atoms with Crippen LogP contribution in [0.1, 0.15) is 36.8 Å². The van der Waals surface area contributed by atoms with Gasteiger partial charge in [0.15, 0.2) is 5.79 Å². The lowest BCUT2D eigenvalue weighted by Gasteiger charge is -2.42. The third-order valence-electron chi connectivity index (χ3n) is 7.27. The van der Waals surface area contributed by atoms with E-state index in [1.54, 1.807) is 4.90 Å². The van der Waals surface area contributed by atoms with Gasteiger partial charge in [-0.2, -0.15) is 26.3 Å². The number of nitrogens with zero attached hydrogens (tertiary/aromatic N) is 3. The highest BCUT2D eigenvalue weighted by Gasteiger charge is 2.42. The average Bonchev–Trinajstić information content (AvgIpc) is 3.11. The van der Waals surface area contributed by atoms with Crippen molar-refractivity contribution in [3.8, 4) is 0 Å². The van der Waals surface area contributed by atoms with E-state index in [0.717, 1.165) is 29.5 Å². The zero-order valence-electron chi connectivity index (χ0n) is 20.9. The summed E-state index contributed by atoms with van der Waals surface area (Å²) in [5.41, 5.74) is 7.03. The van der Waals surface area contributed by atoms with E-state index in [1.165, 1.54) is 24.4 Å². The van der Waals surface area contributed by atoms with Gasteiger partial charge in [-0.15, -0.1) is 0 Å². The number of hydrogen-bond donors (Lipinski definition) is 3. The van der Waals surface area contributed by atoms with E-state index in [0.29, 0.717) is 50.4 Å². The maximum Gasteiger partial charge on any atom is 0.419 e. The number of alkyl halides is 6. The Labute approximate surface area is 221 Å². The number of hydrogen-bond acceptors (Lipinski definition) is 7. The maximum absolute atomic E-state index is 13.7. The Morgan fingerprint density at radius 2 is 1.67 bits per heavy atom. The number of ether oxygens (including phenoxy) is 1. The first-order valence-electron chi connectivity index (χ1n) is 12.6. The van der Waals surface area contributed by atoms with Crippen LogP contribution in [-0.4, -0.2) is 42.9 Å². The standard InChI is InChI=1S/C26H28F6N6O/c27-24(28,29)16-3-5-18(6-4-16)35-22-19-7-12-38(23-20(25(30,31)32)2-1-11-34-23)13-8-21(19)36-26(33,37-22)17-9-14-39-15-10-17/h1-6,11,17,36H,7-10,12-15,33H2,(H,35,37). The minimum absolute atomic E-state index is 0.0864. The molecule has 4 N–H and O–H groups in total. The molecule has 5 rings (SSSR count). The molecule has 1 aromatic carbocycles. The minimum atomic E-state index is -4.56. The number of amidine groups is 1. The average molecular weight is 555 g/mol. The van der Waals surface area contributed by atoms with Gasteiger partial charge in [0.1, 0.15) is 11.7 Å². The van der Waals surface area contributed by atoms with E-state index in [9.17, 15) is 26.3 Å². The molecule has 1 atom stereocenters. The number of nitrogens with one attached hydrogen (secondary N) is 2. The molecule has 7 nitrogen and oxygen atoms in total. The summed E-state index contributed by atoms with van der Waals surface area (Å²) in [7, 11) is 0. The van der Waals surface area contributed by atoms with Crippen LogP contribution in [0.5, 0.6) is 0 Å². The fraction of sp³-hybridized carbons (Fsp3) is 0.462. The molecule has 0 saturated carbocycles. The second-order valence-corrected chi connectivity index (χ2v) is 9.81. The summed E-state index contributed by atoms with van der Waals surface area (Å²) in [5.74, 6) is -1.07. The monoisotopic (exact) mass is 554 g/mol. The van der Waals surface area contributed by atoms with Gasteiger partial charge in [0, 0.05) is 61.8 Å². The summed E-state index contributed by atoms with van der Waals surface area (Å²) >= 11 is 0. The second kappa shape index (κ2) is 10.3. The van der Waals surface area contributed by atoms with E-state index < -0.39 is 29.3 Å². The lowest BCUT2D eigenvalue weighted by molar-refractivity contribution is -0.138. The number of anilines is 2. The molecule has 1 aromatic heterocycles. The van der Waals surface area contributed by atoms with Gasteiger partial charge in [-0.1, -0.05) is 0 Å². The highest BCUT2D eigenvalue weighted by Crippen LogP contribution is 2.38. The largest absolute Gasteiger partial charge is 0.419 e. The van der Waals surface area contributed by atoms with Crippen LogP contribution >= 0.6 is 0 Å². The van der Waals surface area contributed by atoms with Crippen molar-refractivity contribution in [2.75, 3.05) is 36.5 Å². The highest BCUT2D eigenvalue weighted by atomic mass is 19.4. The summed E-state index contributed by atoms with van der Waals surface area (Å²) in [6.45, 7) is 1.51. The Morgan fingerprint density at radius 1 is 0.974 bits per heavy atom. The molecule has 3 aliphatic heterocycles. The molecule has 210 valence electrons. The smallest absolute Gasteiger partial charge is 0.381 e. The molecular formula is C26H28F6N6O. The van der Waals surface area contributed by atoms with Crippen LogP contribution in [0.4, 0.5) is 37.8 Å². The van der Waals surface area contributed by atoms with E-state index in [4.69, 9.17) is 15.5 Å². The molecule has 4 heterocycles. The van der Waals surface area contributed by atoms with Crippen LogP contribution in [0, 0.1) is 5.92 Å². The van der Waals surface area contributed by atoms with Gasteiger partial charge >= 0.3 is 12.4 Å². The molecule has 1 fully saturated rings. The molecular weight excluding hydrogens is 526 g/mol. The fourth-order valence-electron chi connectivity index (χ4n) is 5.22. The maximum atomic E-state index is 13.7. The quantitative estimate of drug-likeness (QED) is 0.457. The summed E-state index contributed by atoms with van der Waals surface area (Å²) < 4.78 is 85.8. The molecule has 0 radical (unpaired) electrons. The number of aromatic nitrogens is 1. The first-order chi connectivity index (χ1) is 18.4. The van der Waals surface area contributed by atoms with Gasteiger partial charge in [-0.05, 0) is 55.7 Å². The summed E-state index contributed by atoms with van der Waals surface area (Å²) in [5, 5.41) is 6.49. The number of rotatable bonds is 3. The van der Waals surface area contributed by atoms with Crippen molar-refractivity contribution in [2.24, 2.45) is 16.6 Å². The molecule has 39 heavy (non-hydrogen) atoms. The fourth-order valence-corrected chi connectivity index (χ4v) is 5.22. The van der Waals surface area contributed by atoms with Gasteiger partial charge in [-0.3, -0.25) is 5.73 Å². The van der Waals surface area contributed by atoms with Crippen LogP contribution in [0.3, 0.4) is 0 Å².